The van der Waals surface area contributed by atoms with Crippen molar-refractivity contribution in [3.8, 4) is 0 Å². The van der Waals surface area contributed by atoms with Crippen molar-refractivity contribution in [3.63, 3.8) is 0 Å². The van der Waals surface area contributed by atoms with Crippen LogP contribution in [0.5, 0.6) is 0 Å². The smallest absolute Gasteiger partial charge is 0.298 e. The van der Waals surface area contributed by atoms with Crippen molar-refractivity contribution < 1.29 is 14.6 Å². The molecule has 0 unspecified atom stereocenters. The summed E-state index contributed by atoms with van der Waals surface area (Å²) >= 11 is 0. The first kappa shape index (κ1) is 14.7. The molecule has 0 saturated heterocycles. The highest BCUT2D eigenvalue weighted by atomic mass is 17.2. The Kier molecular flexibility index (Phi) is 4.52. The van der Waals surface area contributed by atoms with Gasteiger partial charge in [-0.1, -0.05) is 44.2 Å². The molecule has 0 radical (unpaired) electrons. The van der Waals surface area contributed by atoms with E-state index in [2.05, 4.69) is 35.8 Å². The van der Waals surface area contributed by atoms with Crippen LogP contribution < -0.4 is 0 Å². The normalized spacial score (nSPS) is 12.3. The number of carbonyl (C=O) groups excluding carboxylic acids is 1. The molecule has 0 aromatic heterocycles. The lowest BCUT2D eigenvalue weighted by atomic mass is 9.71. The molecule has 0 spiro atoms. The quantitative estimate of drug-likeness (QED) is 0.593. The Morgan fingerprint density at radius 3 is 2.17 bits per heavy atom. The first-order chi connectivity index (χ1) is 8.29. The van der Waals surface area contributed by atoms with Gasteiger partial charge in [0.2, 0.25) is 0 Å². The molecular weight excluding hydrogens is 228 g/mol. The zero-order valence-corrected chi connectivity index (χ0v) is 11.8. The van der Waals surface area contributed by atoms with Crippen LogP contribution in [0.4, 0.5) is 0 Å². The van der Waals surface area contributed by atoms with Gasteiger partial charge in [-0.2, -0.15) is 4.89 Å². The molecule has 100 valence electrons. The van der Waals surface area contributed by atoms with Crippen molar-refractivity contribution in [2.75, 3.05) is 7.11 Å². The molecule has 1 rings (SSSR count). The van der Waals surface area contributed by atoms with E-state index in [4.69, 9.17) is 0 Å². The van der Waals surface area contributed by atoms with Crippen molar-refractivity contribution in [3.05, 3.63) is 35.9 Å². The van der Waals surface area contributed by atoms with Crippen molar-refractivity contribution in [2.24, 2.45) is 5.41 Å². The number of hydrogen-bond acceptors (Lipinski definition) is 3. The Balaban J connectivity index is 2.85. The summed E-state index contributed by atoms with van der Waals surface area (Å²) in [5.41, 5.74) is 0.524. The van der Waals surface area contributed by atoms with Gasteiger partial charge in [0, 0.05) is 0 Å². The molecule has 0 amide bonds. The van der Waals surface area contributed by atoms with Crippen LogP contribution >= 0.6 is 0 Å². The number of carbonyl (C=O) groups is 1. The molecule has 0 saturated carbocycles. The maximum absolute atomic E-state index is 11.8. The number of rotatable bonds is 5. The Bertz CT molecular complexity index is 393. The van der Waals surface area contributed by atoms with Gasteiger partial charge >= 0.3 is 5.97 Å². The van der Waals surface area contributed by atoms with Crippen LogP contribution in [-0.4, -0.2) is 13.1 Å². The summed E-state index contributed by atoms with van der Waals surface area (Å²) in [5.74, 6) is -0.339. The standard InChI is InChI=1S/C15H22O3/c1-14(2,12-9-7-6-8-10-12)11-15(3,4)13(16)18-17-5/h6-10H,11H2,1-5H3. The third-order valence-electron chi connectivity index (χ3n) is 3.15. The van der Waals surface area contributed by atoms with Crippen molar-refractivity contribution in [1.82, 2.24) is 0 Å². The second-order valence-electron chi connectivity index (χ2n) is 5.85. The van der Waals surface area contributed by atoms with E-state index < -0.39 is 5.41 Å². The van der Waals surface area contributed by atoms with Crippen LogP contribution in [-0.2, 0) is 20.0 Å². The Morgan fingerprint density at radius 1 is 1.11 bits per heavy atom. The lowest BCUT2D eigenvalue weighted by molar-refractivity contribution is -0.264. The van der Waals surface area contributed by atoms with Crippen LogP contribution in [0.15, 0.2) is 30.3 Å². The number of hydrogen-bond donors (Lipinski definition) is 0. The lowest BCUT2D eigenvalue weighted by Crippen LogP contribution is -2.34. The van der Waals surface area contributed by atoms with Crippen LogP contribution in [0, 0.1) is 5.41 Å². The monoisotopic (exact) mass is 250 g/mol. The van der Waals surface area contributed by atoms with Crippen LogP contribution in [0.25, 0.3) is 0 Å². The zero-order valence-electron chi connectivity index (χ0n) is 11.8. The first-order valence-electron chi connectivity index (χ1n) is 6.10. The highest BCUT2D eigenvalue weighted by Crippen LogP contribution is 2.37. The fourth-order valence-electron chi connectivity index (χ4n) is 2.36. The third-order valence-corrected chi connectivity index (χ3v) is 3.15. The first-order valence-corrected chi connectivity index (χ1v) is 6.10. The molecule has 0 atom stereocenters. The van der Waals surface area contributed by atoms with Gasteiger partial charge in [0.05, 0.1) is 12.5 Å². The highest BCUT2D eigenvalue weighted by Gasteiger charge is 2.37. The molecule has 0 bridgehead atoms. The van der Waals surface area contributed by atoms with Gasteiger partial charge in [0.15, 0.2) is 0 Å². The second kappa shape index (κ2) is 5.53. The van der Waals surface area contributed by atoms with Gasteiger partial charge in [-0.25, -0.2) is 4.79 Å². The zero-order chi connectivity index (χ0) is 13.8. The lowest BCUT2D eigenvalue weighted by Gasteiger charge is -2.33. The summed E-state index contributed by atoms with van der Waals surface area (Å²) in [7, 11) is 1.34. The average Bonchev–Trinajstić information content (AvgIpc) is 2.29. The minimum Gasteiger partial charge on any atom is -0.298 e. The molecule has 1 aromatic carbocycles. The molecule has 0 heterocycles. The van der Waals surface area contributed by atoms with Gasteiger partial charge in [-0.3, -0.25) is 4.89 Å². The predicted molar refractivity (Wildman–Crippen MR) is 71.0 cm³/mol. The minimum atomic E-state index is -0.588. The fraction of sp³-hybridized carbons (Fsp3) is 0.533. The van der Waals surface area contributed by atoms with Crippen molar-refractivity contribution in [1.29, 1.82) is 0 Å². The van der Waals surface area contributed by atoms with Crippen molar-refractivity contribution >= 4 is 5.97 Å². The summed E-state index contributed by atoms with van der Waals surface area (Å²) in [6, 6.07) is 10.2. The topological polar surface area (TPSA) is 35.5 Å². The summed E-state index contributed by atoms with van der Waals surface area (Å²) in [4.78, 5) is 20.9. The van der Waals surface area contributed by atoms with E-state index in [9.17, 15) is 4.79 Å². The summed E-state index contributed by atoms with van der Waals surface area (Å²) in [6.45, 7) is 8.01. The predicted octanol–water partition coefficient (Wildman–Crippen LogP) is 3.49. The van der Waals surface area contributed by atoms with Gasteiger partial charge in [0.1, 0.15) is 0 Å². The molecule has 3 nitrogen and oxygen atoms in total. The maximum atomic E-state index is 11.8. The average molecular weight is 250 g/mol. The van der Waals surface area contributed by atoms with Crippen LogP contribution in [0.3, 0.4) is 0 Å². The summed E-state index contributed by atoms with van der Waals surface area (Å²) in [6.07, 6.45) is 0.687. The van der Waals surface area contributed by atoms with Crippen LogP contribution in [0.1, 0.15) is 39.7 Å². The Labute approximate surface area is 109 Å². The molecule has 3 heteroatoms. The SMILES string of the molecule is COOC(=O)C(C)(C)CC(C)(C)c1ccccc1. The Morgan fingerprint density at radius 2 is 1.67 bits per heavy atom. The van der Waals surface area contributed by atoms with E-state index >= 15 is 0 Å². The van der Waals surface area contributed by atoms with Crippen molar-refractivity contribution in [2.45, 2.75) is 39.5 Å². The van der Waals surface area contributed by atoms with E-state index in [1.54, 1.807) is 0 Å². The number of benzene rings is 1. The van der Waals surface area contributed by atoms with E-state index in [1.165, 1.54) is 12.7 Å². The maximum Gasteiger partial charge on any atom is 0.347 e. The molecule has 0 fully saturated rings. The molecule has 1 aromatic rings. The van der Waals surface area contributed by atoms with Gasteiger partial charge in [0.25, 0.3) is 0 Å². The second-order valence-corrected chi connectivity index (χ2v) is 5.85. The molecule has 0 N–H and O–H groups in total. The molecule has 18 heavy (non-hydrogen) atoms. The highest BCUT2D eigenvalue weighted by molar-refractivity contribution is 5.75. The Hall–Kier alpha value is -1.35. The van der Waals surface area contributed by atoms with E-state index in [-0.39, 0.29) is 11.4 Å². The fourth-order valence-corrected chi connectivity index (χ4v) is 2.36. The van der Waals surface area contributed by atoms with Gasteiger partial charge in [-0.05, 0) is 31.2 Å². The van der Waals surface area contributed by atoms with E-state index in [0.29, 0.717) is 6.42 Å². The van der Waals surface area contributed by atoms with E-state index in [0.717, 1.165) is 0 Å². The minimum absolute atomic E-state index is 0.0997. The largest absolute Gasteiger partial charge is 0.347 e. The van der Waals surface area contributed by atoms with Crippen LogP contribution in [0.2, 0.25) is 0 Å². The third kappa shape index (κ3) is 3.57. The summed E-state index contributed by atoms with van der Waals surface area (Å²) in [5, 5.41) is 0. The molecule has 0 aliphatic heterocycles. The van der Waals surface area contributed by atoms with Gasteiger partial charge < -0.3 is 0 Å². The van der Waals surface area contributed by atoms with E-state index in [1.807, 2.05) is 32.0 Å². The van der Waals surface area contributed by atoms with Gasteiger partial charge in [-0.15, -0.1) is 0 Å². The summed E-state index contributed by atoms with van der Waals surface area (Å²) < 4.78 is 0. The molecule has 0 aliphatic carbocycles. The molecule has 0 aliphatic rings. The molecular formula is C15H22O3.